The van der Waals surface area contributed by atoms with Crippen molar-refractivity contribution in [3.63, 3.8) is 0 Å². The monoisotopic (exact) mass is 273 g/mol. The molecule has 1 aromatic rings. The van der Waals surface area contributed by atoms with Crippen molar-refractivity contribution in [1.82, 2.24) is 10.6 Å². The second-order valence-corrected chi connectivity index (χ2v) is 5.12. The average molecular weight is 273 g/mol. The molecule has 3 nitrogen and oxygen atoms in total. The summed E-state index contributed by atoms with van der Waals surface area (Å²) in [5.41, 5.74) is 1.27. The third kappa shape index (κ3) is 3.11. The molecule has 0 amide bonds. The highest BCUT2D eigenvalue weighted by molar-refractivity contribution is 5.80. The SMILES string of the molecule is C#CCNC(=NC)NCC1(c2ccc(F)cc2)CCC1. The van der Waals surface area contributed by atoms with Crippen LogP contribution in [0.4, 0.5) is 4.39 Å². The Morgan fingerprint density at radius 2 is 2.05 bits per heavy atom. The summed E-state index contributed by atoms with van der Waals surface area (Å²) in [5.74, 6) is 3.03. The molecule has 0 bridgehead atoms. The largest absolute Gasteiger partial charge is 0.355 e. The lowest BCUT2D eigenvalue weighted by molar-refractivity contribution is 0.243. The molecular weight excluding hydrogens is 253 g/mol. The lowest BCUT2D eigenvalue weighted by atomic mass is 9.64. The van der Waals surface area contributed by atoms with E-state index < -0.39 is 0 Å². The molecule has 1 saturated carbocycles. The fourth-order valence-electron chi connectivity index (χ4n) is 2.58. The van der Waals surface area contributed by atoms with E-state index >= 15 is 0 Å². The molecule has 4 heteroatoms. The maximum atomic E-state index is 13.0. The summed E-state index contributed by atoms with van der Waals surface area (Å²) < 4.78 is 13.0. The van der Waals surface area contributed by atoms with Gasteiger partial charge >= 0.3 is 0 Å². The fraction of sp³-hybridized carbons (Fsp3) is 0.438. The van der Waals surface area contributed by atoms with Crippen LogP contribution in [0.2, 0.25) is 0 Å². The third-order valence-electron chi connectivity index (χ3n) is 3.94. The first kappa shape index (κ1) is 14.4. The lowest BCUT2D eigenvalue weighted by Crippen LogP contribution is -2.48. The van der Waals surface area contributed by atoms with Crippen LogP contribution in [0.25, 0.3) is 0 Å². The number of halogens is 1. The molecule has 1 aromatic carbocycles. The normalized spacial score (nSPS) is 16.9. The van der Waals surface area contributed by atoms with Crippen LogP contribution in [0.15, 0.2) is 29.3 Å². The topological polar surface area (TPSA) is 36.4 Å². The van der Waals surface area contributed by atoms with Gasteiger partial charge in [-0.25, -0.2) is 4.39 Å². The van der Waals surface area contributed by atoms with Crippen molar-refractivity contribution in [2.75, 3.05) is 20.1 Å². The number of hydrogen-bond acceptors (Lipinski definition) is 1. The first-order valence-electron chi connectivity index (χ1n) is 6.84. The highest BCUT2D eigenvalue weighted by atomic mass is 19.1. The van der Waals surface area contributed by atoms with Crippen LogP contribution in [0, 0.1) is 18.2 Å². The summed E-state index contributed by atoms with van der Waals surface area (Å²) in [7, 11) is 1.72. The molecule has 0 heterocycles. The van der Waals surface area contributed by atoms with Gasteiger partial charge in [0.2, 0.25) is 0 Å². The van der Waals surface area contributed by atoms with Crippen molar-refractivity contribution < 1.29 is 4.39 Å². The summed E-state index contributed by atoms with van der Waals surface area (Å²) in [4.78, 5) is 4.13. The van der Waals surface area contributed by atoms with Crippen LogP contribution >= 0.6 is 0 Å². The van der Waals surface area contributed by atoms with Crippen molar-refractivity contribution >= 4 is 5.96 Å². The number of nitrogens with one attached hydrogen (secondary N) is 2. The molecule has 1 fully saturated rings. The predicted octanol–water partition coefficient (Wildman–Crippen LogP) is 2.05. The first-order valence-corrected chi connectivity index (χ1v) is 6.84. The zero-order valence-electron chi connectivity index (χ0n) is 11.7. The summed E-state index contributed by atoms with van der Waals surface area (Å²) >= 11 is 0. The van der Waals surface area contributed by atoms with Gasteiger partial charge in [-0.3, -0.25) is 4.99 Å². The Bertz CT molecular complexity index is 510. The molecule has 20 heavy (non-hydrogen) atoms. The second-order valence-electron chi connectivity index (χ2n) is 5.12. The molecule has 0 aromatic heterocycles. The van der Waals surface area contributed by atoms with E-state index in [1.807, 2.05) is 12.1 Å². The van der Waals surface area contributed by atoms with Crippen LogP contribution in [0.3, 0.4) is 0 Å². The quantitative estimate of drug-likeness (QED) is 0.500. The number of rotatable bonds is 4. The zero-order chi connectivity index (χ0) is 14.4. The number of nitrogens with zero attached hydrogens (tertiary/aromatic N) is 1. The van der Waals surface area contributed by atoms with Gasteiger partial charge in [-0.15, -0.1) is 6.42 Å². The highest BCUT2D eigenvalue weighted by Gasteiger charge is 2.38. The Hall–Kier alpha value is -2.02. The van der Waals surface area contributed by atoms with Gasteiger partial charge in [0.25, 0.3) is 0 Å². The maximum Gasteiger partial charge on any atom is 0.191 e. The molecule has 1 aliphatic rings. The Labute approximate surface area is 119 Å². The van der Waals surface area contributed by atoms with Crippen molar-refractivity contribution in [3.05, 3.63) is 35.6 Å². The minimum atomic E-state index is -0.192. The summed E-state index contributed by atoms with van der Waals surface area (Å²) in [6.07, 6.45) is 8.65. The number of benzene rings is 1. The van der Waals surface area contributed by atoms with E-state index in [0.29, 0.717) is 12.5 Å². The van der Waals surface area contributed by atoms with Crippen LogP contribution in [0.1, 0.15) is 24.8 Å². The predicted molar refractivity (Wildman–Crippen MR) is 80.1 cm³/mol. The van der Waals surface area contributed by atoms with E-state index in [0.717, 1.165) is 19.4 Å². The van der Waals surface area contributed by atoms with Gasteiger partial charge in [0.05, 0.1) is 6.54 Å². The number of terminal acetylenes is 1. The third-order valence-corrected chi connectivity index (χ3v) is 3.94. The van der Waals surface area contributed by atoms with Gasteiger partial charge in [0, 0.05) is 19.0 Å². The Morgan fingerprint density at radius 1 is 1.35 bits per heavy atom. The van der Waals surface area contributed by atoms with Gasteiger partial charge in [-0.1, -0.05) is 24.5 Å². The Balaban J connectivity index is 2.01. The molecular formula is C16H20FN3. The van der Waals surface area contributed by atoms with Crippen LogP contribution in [0.5, 0.6) is 0 Å². The maximum absolute atomic E-state index is 13.0. The van der Waals surface area contributed by atoms with Crippen LogP contribution in [-0.4, -0.2) is 26.1 Å². The smallest absolute Gasteiger partial charge is 0.191 e. The van der Waals surface area contributed by atoms with Gasteiger partial charge in [-0.2, -0.15) is 0 Å². The van der Waals surface area contributed by atoms with Crippen molar-refractivity contribution in [3.8, 4) is 12.3 Å². The highest BCUT2D eigenvalue weighted by Crippen LogP contribution is 2.43. The van der Waals surface area contributed by atoms with Gasteiger partial charge in [0.1, 0.15) is 5.82 Å². The minimum Gasteiger partial charge on any atom is -0.355 e. The molecule has 106 valence electrons. The fourth-order valence-corrected chi connectivity index (χ4v) is 2.58. The zero-order valence-corrected chi connectivity index (χ0v) is 11.7. The van der Waals surface area contributed by atoms with Gasteiger partial charge in [0.15, 0.2) is 5.96 Å². The summed E-state index contributed by atoms with van der Waals surface area (Å²) in [5, 5.41) is 6.35. The van der Waals surface area contributed by atoms with Gasteiger partial charge in [-0.05, 0) is 30.5 Å². The van der Waals surface area contributed by atoms with E-state index in [4.69, 9.17) is 6.42 Å². The van der Waals surface area contributed by atoms with Crippen molar-refractivity contribution in [2.24, 2.45) is 4.99 Å². The molecule has 0 aliphatic heterocycles. The molecule has 0 saturated heterocycles. The summed E-state index contributed by atoms with van der Waals surface area (Å²) in [6.45, 7) is 1.23. The van der Waals surface area contributed by atoms with Crippen molar-refractivity contribution in [1.29, 1.82) is 0 Å². The molecule has 0 spiro atoms. The van der Waals surface area contributed by atoms with Crippen LogP contribution < -0.4 is 10.6 Å². The lowest BCUT2D eigenvalue weighted by Gasteiger charge is -2.43. The average Bonchev–Trinajstić information content (AvgIpc) is 2.42. The Kier molecular flexibility index (Phi) is 4.62. The molecule has 0 radical (unpaired) electrons. The standard InChI is InChI=1S/C16H20FN3/c1-3-11-19-15(18-2)20-12-16(9-4-10-16)13-5-7-14(17)8-6-13/h1,5-8H,4,9-12H2,2H3,(H2,18,19,20). The van der Waals surface area contributed by atoms with Gasteiger partial charge < -0.3 is 10.6 Å². The van der Waals surface area contributed by atoms with E-state index in [2.05, 4.69) is 21.5 Å². The first-order chi connectivity index (χ1) is 9.70. The number of hydrogen-bond donors (Lipinski definition) is 2. The summed E-state index contributed by atoms with van der Waals surface area (Å²) in [6, 6.07) is 6.82. The number of guanidine groups is 1. The minimum absolute atomic E-state index is 0.0848. The van der Waals surface area contributed by atoms with E-state index in [1.165, 1.54) is 24.1 Å². The van der Waals surface area contributed by atoms with E-state index in [1.54, 1.807) is 7.05 Å². The second kappa shape index (κ2) is 6.42. The molecule has 0 atom stereocenters. The molecule has 2 N–H and O–H groups in total. The van der Waals surface area contributed by atoms with Crippen molar-refractivity contribution in [2.45, 2.75) is 24.7 Å². The Morgan fingerprint density at radius 3 is 2.55 bits per heavy atom. The molecule has 1 aliphatic carbocycles. The number of aliphatic imine (C=N–C) groups is 1. The van der Waals surface area contributed by atoms with E-state index in [-0.39, 0.29) is 11.2 Å². The van der Waals surface area contributed by atoms with Crippen LogP contribution in [-0.2, 0) is 5.41 Å². The molecule has 0 unspecified atom stereocenters. The van der Waals surface area contributed by atoms with E-state index in [9.17, 15) is 4.39 Å². The molecule has 2 rings (SSSR count).